The van der Waals surface area contributed by atoms with Crippen molar-refractivity contribution >= 4 is 30.2 Å². The summed E-state index contributed by atoms with van der Waals surface area (Å²) in [6.45, 7) is 0. The van der Waals surface area contributed by atoms with Crippen LogP contribution in [-0.2, 0) is 4.57 Å². The van der Waals surface area contributed by atoms with Crippen LogP contribution in [0.2, 0.25) is 0 Å². The minimum absolute atomic E-state index is 0.0298. The van der Waals surface area contributed by atoms with Crippen molar-refractivity contribution in [3.05, 3.63) is 0 Å². The van der Waals surface area contributed by atoms with E-state index in [1.165, 1.54) is 0 Å². The van der Waals surface area contributed by atoms with E-state index in [1.54, 1.807) is 0 Å². The molecular weight excluding hydrogens is 292 g/mol. The summed E-state index contributed by atoms with van der Waals surface area (Å²) in [6.07, 6.45) is -0.845. The third-order valence-electron chi connectivity index (χ3n) is 1.01. The molecule has 0 aliphatic heterocycles. The van der Waals surface area contributed by atoms with Crippen LogP contribution in [0.15, 0.2) is 0 Å². The van der Waals surface area contributed by atoms with Gasteiger partial charge in [0.15, 0.2) is 0 Å². The lowest BCUT2D eigenvalue weighted by Gasteiger charge is -2.37. The smallest absolute Gasteiger partial charge is 0.272 e. The molecular formula is C4H6F2IO3P-2. The average molecular weight is 298 g/mol. The Morgan fingerprint density at radius 1 is 1.45 bits per heavy atom. The first-order chi connectivity index (χ1) is 4.81. The minimum Gasteiger partial charge on any atom is -0.807 e. The molecule has 0 aliphatic carbocycles. The summed E-state index contributed by atoms with van der Waals surface area (Å²) in [5.41, 5.74) is -4.07. The molecule has 0 spiro atoms. The highest BCUT2D eigenvalue weighted by Gasteiger charge is 2.32. The molecule has 0 saturated heterocycles. The first-order valence-corrected chi connectivity index (χ1v) is 5.84. The summed E-state index contributed by atoms with van der Waals surface area (Å²) in [5.74, 6) is 0. The fourth-order valence-electron chi connectivity index (χ4n) is 0.416. The summed E-state index contributed by atoms with van der Waals surface area (Å²) in [7, 11) is -5.74. The highest BCUT2D eigenvalue weighted by atomic mass is 127. The topological polar surface area (TPSA) is 63.2 Å². The molecule has 0 aromatic rings. The van der Waals surface area contributed by atoms with E-state index in [-0.39, 0.29) is 6.42 Å². The average Bonchev–Trinajstić information content (AvgIpc) is 1.81. The normalized spacial score (nSPS) is 13.5. The van der Waals surface area contributed by atoms with Gasteiger partial charge in [0, 0.05) is 14.0 Å². The Balaban J connectivity index is 4.11. The third-order valence-corrected chi connectivity index (χ3v) is 2.80. The fraction of sp³-hybridized carbons (Fsp3) is 1.00. The second-order valence-corrected chi connectivity index (χ2v) is 4.68. The molecule has 0 rings (SSSR count). The third kappa shape index (κ3) is 3.78. The predicted molar refractivity (Wildman–Crippen MR) is 40.7 cm³/mol. The maximum atomic E-state index is 12.2. The maximum Gasteiger partial charge on any atom is 0.272 e. The zero-order valence-electron chi connectivity index (χ0n) is 5.43. The molecule has 0 atom stereocenters. The molecule has 0 heterocycles. The number of halogens is 3. The van der Waals surface area contributed by atoms with Gasteiger partial charge in [0.25, 0.3) is 5.66 Å². The largest absolute Gasteiger partial charge is 0.807 e. The maximum absolute atomic E-state index is 12.2. The van der Waals surface area contributed by atoms with Crippen LogP contribution < -0.4 is 9.79 Å². The van der Waals surface area contributed by atoms with Gasteiger partial charge < -0.3 is 14.4 Å². The molecule has 0 aliphatic rings. The van der Waals surface area contributed by atoms with Gasteiger partial charge in [0.05, 0.1) is 0 Å². The van der Waals surface area contributed by atoms with Gasteiger partial charge >= 0.3 is 0 Å². The monoisotopic (exact) mass is 298 g/mol. The Labute approximate surface area is 76.5 Å². The van der Waals surface area contributed by atoms with E-state index < -0.39 is 19.7 Å². The molecule has 0 radical (unpaired) electrons. The Bertz CT molecular complexity index is 169. The van der Waals surface area contributed by atoms with Crippen molar-refractivity contribution in [3.63, 3.8) is 0 Å². The highest BCUT2D eigenvalue weighted by molar-refractivity contribution is 14.1. The molecule has 7 heteroatoms. The zero-order valence-corrected chi connectivity index (χ0v) is 8.48. The summed E-state index contributed by atoms with van der Waals surface area (Å²) in [6, 6.07) is 0. The molecule has 0 unspecified atom stereocenters. The molecule has 0 bridgehead atoms. The molecule has 0 saturated carbocycles. The number of hydrogen-bond acceptors (Lipinski definition) is 3. The van der Waals surface area contributed by atoms with Gasteiger partial charge in [-0.25, -0.2) is 8.78 Å². The standard InChI is InChI=1S/C4H8F2IO3P/c5-4(6,2-1-3-7)11(8,9)10/h1-3H2,(H2,8,9,10)/p-2. The quantitative estimate of drug-likeness (QED) is 0.436. The van der Waals surface area contributed by atoms with E-state index in [0.717, 1.165) is 0 Å². The lowest BCUT2D eigenvalue weighted by molar-refractivity contribution is -0.334. The van der Waals surface area contributed by atoms with Crippen LogP contribution in [0.1, 0.15) is 12.8 Å². The van der Waals surface area contributed by atoms with Crippen molar-refractivity contribution in [2.45, 2.75) is 18.5 Å². The van der Waals surface area contributed by atoms with Crippen LogP contribution >= 0.6 is 30.2 Å². The van der Waals surface area contributed by atoms with Gasteiger partial charge in [-0.3, -0.25) is 0 Å². The van der Waals surface area contributed by atoms with E-state index in [4.69, 9.17) is 0 Å². The van der Waals surface area contributed by atoms with Gasteiger partial charge in [-0.15, -0.1) is 0 Å². The molecule has 3 nitrogen and oxygen atoms in total. The predicted octanol–water partition coefficient (Wildman–Crippen LogP) is 0.708. The summed E-state index contributed by atoms with van der Waals surface area (Å²) < 4.78 is 34.7. The second kappa shape index (κ2) is 4.11. The van der Waals surface area contributed by atoms with Crippen LogP contribution in [0.25, 0.3) is 0 Å². The van der Waals surface area contributed by atoms with Gasteiger partial charge in [-0.1, -0.05) is 22.6 Å². The summed E-state index contributed by atoms with van der Waals surface area (Å²) in [4.78, 5) is 19.8. The fourth-order valence-corrected chi connectivity index (χ4v) is 1.23. The minimum atomic E-state index is -5.74. The first kappa shape index (κ1) is 11.7. The summed E-state index contributed by atoms with van der Waals surface area (Å²) in [5, 5.41) is 0. The SMILES string of the molecule is O=P([O-])([O-])C(F)(F)CCCI. The molecule has 68 valence electrons. The first-order valence-electron chi connectivity index (χ1n) is 2.77. The Morgan fingerprint density at radius 2 is 1.91 bits per heavy atom. The molecule has 0 N–H and O–H groups in total. The van der Waals surface area contributed by atoms with Gasteiger partial charge in [0.1, 0.15) is 0 Å². The van der Waals surface area contributed by atoms with Crippen molar-refractivity contribution in [1.29, 1.82) is 0 Å². The second-order valence-electron chi connectivity index (χ2n) is 1.96. The van der Waals surface area contributed by atoms with Crippen molar-refractivity contribution < 1.29 is 23.1 Å². The van der Waals surface area contributed by atoms with Crippen LogP contribution in [0.4, 0.5) is 8.78 Å². The van der Waals surface area contributed by atoms with Crippen molar-refractivity contribution in [1.82, 2.24) is 0 Å². The highest BCUT2D eigenvalue weighted by Crippen LogP contribution is 2.48. The van der Waals surface area contributed by atoms with Crippen LogP contribution in [0.5, 0.6) is 0 Å². The zero-order chi connectivity index (χ0) is 9.12. The van der Waals surface area contributed by atoms with Crippen molar-refractivity contribution in [2.75, 3.05) is 4.43 Å². The van der Waals surface area contributed by atoms with E-state index in [1.807, 2.05) is 22.6 Å². The molecule has 0 aromatic carbocycles. The molecule has 0 amide bonds. The van der Waals surface area contributed by atoms with E-state index in [0.29, 0.717) is 4.43 Å². The number of hydrogen-bond donors (Lipinski definition) is 0. The Kier molecular flexibility index (Phi) is 4.39. The van der Waals surface area contributed by atoms with Crippen LogP contribution in [0, 0.1) is 0 Å². The Morgan fingerprint density at radius 3 is 2.18 bits per heavy atom. The summed E-state index contributed by atoms with van der Waals surface area (Å²) >= 11 is 1.83. The van der Waals surface area contributed by atoms with E-state index >= 15 is 0 Å². The van der Waals surface area contributed by atoms with E-state index in [9.17, 15) is 23.1 Å². The van der Waals surface area contributed by atoms with Crippen molar-refractivity contribution in [3.8, 4) is 0 Å². The number of rotatable bonds is 4. The van der Waals surface area contributed by atoms with Crippen molar-refractivity contribution in [2.24, 2.45) is 0 Å². The van der Waals surface area contributed by atoms with Gasteiger partial charge in [0.2, 0.25) is 0 Å². The Hall–Kier alpha value is 0.740. The molecule has 0 aromatic heterocycles. The lowest BCUT2D eigenvalue weighted by atomic mass is 10.3. The molecule has 11 heavy (non-hydrogen) atoms. The van der Waals surface area contributed by atoms with Crippen LogP contribution in [0.3, 0.4) is 0 Å². The van der Waals surface area contributed by atoms with E-state index in [2.05, 4.69) is 0 Å². The van der Waals surface area contributed by atoms with Gasteiger partial charge in [-0.05, 0) is 10.8 Å². The van der Waals surface area contributed by atoms with Gasteiger partial charge in [-0.2, -0.15) is 0 Å². The lowest BCUT2D eigenvalue weighted by Crippen LogP contribution is -2.31. The number of alkyl halides is 3. The van der Waals surface area contributed by atoms with Crippen LogP contribution in [-0.4, -0.2) is 10.1 Å². The molecule has 0 fully saturated rings.